The van der Waals surface area contributed by atoms with Gasteiger partial charge in [-0.25, -0.2) is 0 Å². The smallest absolute Gasteiger partial charge is 0.179 e. The van der Waals surface area contributed by atoms with Gasteiger partial charge < -0.3 is 4.55 Å². The van der Waals surface area contributed by atoms with Crippen LogP contribution in [0.5, 0.6) is 5.75 Å². The standard InChI is InChI=1S/C7H7O2S/c1-10(9)7-4-2-6(8)3-5-7/h2-5H,1H3. The van der Waals surface area contributed by atoms with Crippen LogP contribution in [-0.4, -0.2) is 10.8 Å². The van der Waals surface area contributed by atoms with Gasteiger partial charge >= 0.3 is 0 Å². The first-order valence-corrected chi connectivity index (χ1v) is 4.36. The van der Waals surface area contributed by atoms with E-state index in [1.54, 1.807) is 18.4 Å². The molecule has 2 nitrogen and oxygen atoms in total. The summed E-state index contributed by atoms with van der Waals surface area (Å²) in [7, 11) is 0. The molecule has 1 rings (SSSR count). The summed E-state index contributed by atoms with van der Waals surface area (Å²) in [5, 5.41) is 10.5. The van der Waals surface area contributed by atoms with E-state index in [4.69, 9.17) is 0 Å². The number of hydrogen-bond donors (Lipinski definition) is 0. The molecule has 0 bridgehead atoms. The summed E-state index contributed by atoms with van der Waals surface area (Å²) in [5.74, 6) is -0.0470. The van der Waals surface area contributed by atoms with Gasteiger partial charge in [-0.15, -0.1) is 0 Å². The van der Waals surface area contributed by atoms with E-state index in [0.717, 1.165) is 0 Å². The van der Waals surface area contributed by atoms with Crippen molar-refractivity contribution in [3.05, 3.63) is 24.3 Å². The largest absolute Gasteiger partial charge is 0.612 e. The lowest BCUT2D eigenvalue weighted by Gasteiger charge is -2.01. The van der Waals surface area contributed by atoms with Gasteiger partial charge in [0.05, 0.1) is 0 Å². The highest BCUT2D eigenvalue weighted by Crippen LogP contribution is 2.14. The van der Waals surface area contributed by atoms with E-state index in [-0.39, 0.29) is 5.75 Å². The average molecular weight is 155 g/mol. The third kappa shape index (κ3) is 1.65. The van der Waals surface area contributed by atoms with Crippen molar-refractivity contribution in [1.82, 2.24) is 0 Å². The Hall–Kier alpha value is -0.670. The summed E-state index contributed by atoms with van der Waals surface area (Å²) in [4.78, 5) is 0.694. The van der Waals surface area contributed by atoms with Crippen molar-refractivity contribution in [2.45, 2.75) is 4.90 Å². The molecule has 1 aromatic carbocycles. The van der Waals surface area contributed by atoms with Crippen LogP contribution in [0.3, 0.4) is 0 Å². The van der Waals surface area contributed by atoms with Crippen LogP contribution in [0, 0.1) is 0 Å². The van der Waals surface area contributed by atoms with Crippen LogP contribution in [-0.2, 0) is 16.3 Å². The van der Waals surface area contributed by atoms with Gasteiger partial charge in [-0.05, 0) is 35.4 Å². The van der Waals surface area contributed by atoms with E-state index < -0.39 is 11.2 Å². The fourth-order valence-electron chi connectivity index (χ4n) is 0.631. The van der Waals surface area contributed by atoms with Crippen molar-refractivity contribution in [3.8, 4) is 5.75 Å². The SMILES string of the molecule is C[S+]([O-])c1ccc([O])cc1. The summed E-state index contributed by atoms with van der Waals surface area (Å²) in [6, 6.07) is 5.99. The molecule has 0 aliphatic carbocycles. The fourth-order valence-corrected chi connectivity index (χ4v) is 1.15. The van der Waals surface area contributed by atoms with Gasteiger partial charge in [-0.3, -0.25) is 5.11 Å². The Bertz CT molecular complexity index is 205. The summed E-state index contributed by atoms with van der Waals surface area (Å²) < 4.78 is 10.8. The normalized spacial score (nSPS) is 13.0. The van der Waals surface area contributed by atoms with Crippen molar-refractivity contribution in [2.75, 3.05) is 6.26 Å². The molecule has 0 aromatic heterocycles. The van der Waals surface area contributed by atoms with Crippen molar-refractivity contribution >= 4 is 11.2 Å². The molecule has 1 atom stereocenters. The van der Waals surface area contributed by atoms with Gasteiger partial charge in [-0.2, -0.15) is 0 Å². The van der Waals surface area contributed by atoms with Crippen LogP contribution in [0.2, 0.25) is 0 Å². The number of rotatable bonds is 1. The molecule has 1 unspecified atom stereocenters. The molecule has 53 valence electrons. The van der Waals surface area contributed by atoms with Crippen molar-refractivity contribution in [3.63, 3.8) is 0 Å². The highest BCUT2D eigenvalue weighted by molar-refractivity contribution is 7.90. The second-order valence-electron chi connectivity index (χ2n) is 1.93. The molecule has 1 aromatic rings. The Morgan fingerprint density at radius 3 is 2.20 bits per heavy atom. The Morgan fingerprint density at radius 2 is 1.80 bits per heavy atom. The van der Waals surface area contributed by atoms with Crippen molar-refractivity contribution < 1.29 is 9.66 Å². The van der Waals surface area contributed by atoms with E-state index in [9.17, 15) is 9.66 Å². The molecular weight excluding hydrogens is 148 g/mol. The molecular formula is C7H7O2S. The lowest BCUT2D eigenvalue weighted by Crippen LogP contribution is -1.95. The Kier molecular flexibility index (Phi) is 2.19. The maximum atomic E-state index is 10.8. The van der Waals surface area contributed by atoms with Crippen LogP contribution in [0.15, 0.2) is 29.2 Å². The third-order valence-corrected chi connectivity index (χ3v) is 2.09. The predicted octanol–water partition coefficient (Wildman–Crippen LogP) is 1.57. The second-order valence-corrected chi connectivity index (χ2v) is 3.31. The minimum Gasteiger partial charge on any atom is -0.612 e. The van der Waals surface area contributed by atoms with Crippen LogP contribution < -0.4 is 0 Å². The maximum absolute atomic E-state index is 10.8. The minimum atomic E-state index is -0.976. The molecule has 0 saturated carbocycles. The van der Waals surface area contributed by atoms with Crippen molar-refractivity contribution in [1.29, 1.82) is 0 Å². The van der Waals surface area contributed by atoms with E-state index in [0.29, 0.717) is 4.90 Å². The first-order valence-electron chi connectivity index (χ1n) is 2.80. The Morgan fingerprint density at radius 1 is 1.30 bits per heavy atom. The van der Waals surface area contributed by atoms with Gasteiger partial charge in [-0.1, -0.05) is 0 Å². The van der Waals surface area contributed by atoms with Crippen LogP contribution >= 0.6 is 0 Å². The molecule has 0 amide bonds. The predicted molar refractivity (Wildman–Crippen MR) is 38.9 cm³/mol. The van der Waals surface area contributed by atoms with Crippen LogP contribution in [0.1, 0.15) is 0 Å². The zero-order chi connectivity index (χ0) is 7.56. The Labute approximate surface area is 62.7 Å². The lowest BCUT2D eigenvalue weighted by molar-refractivity contribution is 0.354. The van der Waals surface area contributed by atoms with Gasteiger partial charge in [0.1, 0.15) is 6.26 Å². The maximum Gasteiger partial charge on any atom is 0.179 e. The monoisotopic (exact) mass is 155 g/mol. The second kappa shape index (κ2) is 2.94. The van der Waals surface area contributed by atoms with Crippen LogP contribution in [0.25, 0.3) is 0 Å². The van der Waals surface area contributed by atoms with E-state index in [1.807, 2.05) is 0 Å². The van der Waals surface area contributed by atoms with E-state index in [1.165, 1.54) is 12.1 Å². The lowest BCUT2D eigenvalue weighted by atomic mass is 10.3. The summed E-state index contributed by atoms with van der Waals surface area (Å²) in [5.41, 5.74) is 0. The zero-order valence-corrected chi connectivity index (χ0v) is 6.35. The van der Waals surface area contributed by atoms with Crippen LogP contribution in [0.4, 0.5) is 0 Å². The highest BCUT2D eigenvalue weighted by atomic mass is 32.2. The molecule has 0 spiro atoms. The summed E-state index contributed by atoms with van der Waals surface area (Å²) in [6.45, 7) is 0. The quantitative estimate of drug-likeness (QED) is 0.567. The third-order valence-electron chi connectivity index (χ3n) is 1.16. The first kappa shape index (κ1) is 7.44. The highest BCUT2D eigenvalue weighted by Gasteiger charge is 2.01. The topological polar surface area (TPSA) is 43.0 Å². The first-order chi connectivity index (χ1) is 4.70. The van der Waals surface area contributed by atoms with Gasteiger partial charge in [0.2, 0.25) is 0 Å². The molecule has 0 aliphatic rings. The summed E-state index contributed by atoms with van der Waals surface area (Å²) >= 11 is -0.976. The zero-order valence-electron chi connectivity index (χ0n) is 5.53. The molecule has 0 heterocycles. The minimum absolute atomic E-state index is 0.0470. The Balaban J connectivity index is 2.89. The number of hydrogen-bond acceptors (Lipinski definition) is 1. The fraction of sp³-hybridized carbons (Fsp3) is 0.143. The average Bonchev–Trinajstić information content (AvgIpc) is 1.88. The van der Waals surface area contributed by atoms with Gasteiger partial charge in [0.15, 0.2) is 10.6 Å². The summed E-state index contributed by atoms with van der Waals surface area (Å²) in [6.07, 6.45) is 1.58. The molecule has 1 radical (unpaired) electrons. The van der Waals surface area contributed by atoms with E-state index in [2.05, 4.69) is 0 Å². The van der Waals surface area contributed by atoms with Crippen molar-refractivity contribution in [2.24, 2.45) is 0 Å². The van der Waals surface area contributed by atoms with Gasteiger partial charge in [0, 0.05) is 0 Å². The molecule has 10 heavy (non-hydrogen) atoms. The number of benzene rings is 1. The molecule has 0 aliphatic heterocycles. The van der Waals surface area contributed by atoms with E-state index >= 15 is 0 Å². The molecule has 0 saturated heterocycles. The van der Waals surface area contributed by atoms with Gasteiger partial charge in [0.25, 0.3) is 0 Å². The molecule has 0 fully saturated rings. The molecule has 3 heteroatoms. The molecule has 0 N–H and O–H groups in total.